The molecule has 1 N–H and O–H groups in total. The highest BCUT2D eigenvalue weighted by Crippen LogP contribution is 2.35. The fourth-order valence-corrected chi connectivity index (χ4v) is 3.86. The van der Waals surface area contributed by atoms with Crippen LogP contribution in [0.4, 0.5) is 4.79 Å². The number of amides is 2. The van der Waals surface area contributed by atoms with Crippen molar-refractivity contribution in [3.8, 4) is 5.75 Å². The van der Waals surface area contributed by atoms with E-state index in [0.29, 0.717) is 38.0 Å². The zero-order chi connectivity index (χ0) is 18.9. The summed E-state index contributed by atoms with van der Waals surface area (Å²) in [5, 5.41) is 9.84. The van der Waals surface area contributed by atoms with Crippen LogP contribution in [-0.4, -0.2) is 58.2 Å². The first-order valence-corrected chi connectivity index (χ1v) is 9.44. The number of carbonyl (C=O) groups is 2. The molecular weight excluding hydrogens is 332 g/mol. The first-order chi connectivity index (χ1) is 12.3. The summed E-state index contributed by atoms with van der Waals surface area (Å²) in [4.78, 5) is 28.6. The van der Waals surface area contributed by atoms with E-state index < -0.39 is 5.60 Å². The molecule has 1 atom stereocenters. The smallest absolute Gasteiger partial charge is 0.410 e. The fraction of sp³-hybridized carbons (Fsp3) is 0.600. The van der Waals surface area contributed by atoms with Gasteiger partial charge < -0.3 is 19.6 Å². The van der Waals surface area contributed by atoms with Gasteiger partial charge in [0, 0.05) is 37.5 Å². The zero-order valence-corrected chi connectivity index (χ0v) is 15.8. The Labute approximate surface area is 154 Å². The van der Waals surface area contributed by atoms with Crippen LogP contribution < -0.4 is 0 Å². The van der Waals surface area contributed by atoms with Crippen molar-refractivity contribution in [1.82, 2.24) is 9.80 Å². The molecular formula is C20H28N2O4. The van der Waals surface area contributed by atoms with Crippen molar-refractivity contribution in [2.24, 2.45) is 0 Å². The number of benzene rings is 1. The van der Waals surface area contributed by atoms with Crippen LogP contribution in [0, 0.1) is 6.92 Å². The number of aryl methyl sites for hydroxylation is 1. The number of hydrogen-bond donors (Lipinski definition) is 1. The molecule has 2 fully saturated rings. The third-order valence-electron chi connectivity index (χ3n) is 5.65. The van der Waals surface area contributed by atoms with Gasteiger partial charge in [0.2, 0.25) is 0 Å². The Kier molecular flexibility index (Phi) is 5.12. The highest BCUT2D eigenvalue weighted by molar-refractivity contribution is 5.94. The summed E-state index contributed by atoms with van der Waals surface area (Å²) in [5.41, 5.74) is 0.773. The Balaban J connectivity index is 1.63. The van der Waals surface area contributed by atoms with Crippen molar-refractivity contribution in [3.05, 3.63) is 29.3 Å². The van der Waals surface area contributed by atoms with E-state index in [2.05, 4.69) is 13.8 Å². The second kappa shape index (κ2) is 7.17. The van der Waals surface area contributed by atoms with Crippen LogP contribution in [0.2, 0.25) is 0 Å². The SMILES string of the molecule is CCC[C@@H](C)N1CC2(CCN(C(=O)c3ccc(C)c(O)c3)CC2)OC1=O. The molecule has 0 radical (unpaired) electrons. The molecule has 2 amide bonds. The largest absolute Gasteiger partial charge is 0.508 e. The molecule has 142 valence electrons. The third kappa shape index (κ3) is 3.50. The molecule has 0 aliphatic carbocycles. The number of likely N-dealkylation sites (tertiary alicyclic amines) is 1. The van der Waals surface area contributed by atoms with Crippen LogP contribution in [0.25, 0.3) is 0 Å². The standard InChI is InChI=1S/C20H28N2O4/c1-4-5-15(3)22-13-20(26-19(22)25)8-10-21(11-9-20)18(24)16-7-6-14(2)17(23)12-16/h6-7,12,15,23H,4-5,8-11,13H2,1-3H3/t15-/m1/s1. The van der Waals surface area contributed by atoms with Gasteiger partial charge in [-0.1, -0.05) is 19.4 Å². The van der Waals surface area contributed by atoms with Gasteiger partial charge in [0.15, 0.2) is 0 Å². The van der Waals surface area contributed by atoms with Gasteiger partial charge in [-0.25, -0.2) is 4.79 Å². The molecule has 26 heavy (non-hydrogen) atoms. The lowest BCUT2D eigenvalue weighted by Crippen LogP contribution is -2.49. The second-order valence-electron chi connectivity index (χ2n) is 7.61. The molecule has 6 heteroatoms. The summed E-state index contributed by atoms with van der Waals surface area (Å²) < 4.78 is 5.75. The van der Waals surface area contributed by atoms with Gasteiger partial charge >= 0.3 is 6.09 Å². The predicted octanol–water partition coefficient (Wildman–Crippen LogP) is 3.32. The van der Waals surface area contributed by atoms with E-state index in [0.717, 1.165) is 18.4 Å². The van der Waals surface area contributed by atoms with E-state index in [9.17, 15) is 14.7 Å². The van der Waals surface area contributed by atoms with Crippen LogP contribution in [0.5, 0.6) is 5.75 Å². The second-order valence-corrected chi connectivity index (χ2v) is 7.61. The van der Waals surface area contributed by atoms with Crippen LogP contribution >= 0.6 is 0 Å². The van der Waals surface area contributed by atoms with Crippen molar-refractivity contribution in [2.75, 3.05) is 19.6 Å². The lowest BCUT2D eigenvalue weighted by molar-refractivity contribution is 0.00305. The molecule has 0 saturated carbocycles. The summed E-state index contributed by atoms with van der Waals surface area (Å²) >= 11 is 0. The lowest BCUT2D eigenvalue weighted by atomic mass is 9.90. The van der Waals surface area contributed by atoms with Gasteiger partial charge in [-0.15, -0.1) is 0 Å². The minimum atomic E-state index is -0.467. The first-order valence-electron chi connectivity index (χ1n) is 9.44. The van der Waals surface area contributed by atoms with E-state index in [1.165, 1.54) is 6.07 Å². The monoisotopic (exact) mass is 360 g/mol. The van der Waals surface area contributed by atoms with E-state index in [1.807, 2.05) is 4.90 Å². The van der Waals surface area contributed by atoms with Crippen molar-refractivity contribution in [1.29, 1.82) is 0 Å². The van der Waals surface area contributed by atoms with Crippen LogP contribution in [0.1, 0.15) is 55.5 Å². The first kappa shape index (κ1) is 18.5. The predicted molar refractivity (Wildman–Crippen MR) is 98.3 cm³/mol. The summed E-state index contributed by atoms with van der Waals surface area (Å²) in [7, 11) is 0. The maximum Gasteiger partial charge on any atom is 0.410 e. The Morgan fingerprint density at radius 2 is 2.04 bits per heavy atom. The number of nitrogens with zero attached hydrogens (tertiary/aromatic N) is 2. The molecule has 2 saturated heterocycles. The molecule has 2 aliphatic heterocycles. The number of phenols is 1. The van der Waals surface area contributed by atoms with Crippen molar-refractivity contribution < 1.29 is 19.4 Å². The maximum absolute atomic E-state index is 12.7. The van der Waals surface area contributed by atoms with Gasteiger partial charge in [0.05, 0.1) is 6.54 Å². The number of ether oxygens (including phenoxy) is 1. The number of aromatic hydroxyl groups is 1. The zero-order valence-electron chi connectivity index (χ0n) is 15.8. The number of piperidine rings is 1. The van der Waals surface area contributed by atoms with E-state index in [-0.39, 0.29) is 23.8 Å². The lowest BCUT2D eigenvalue weighted by Gasteiger charge is -2.37. The minimum absolute atomic E-state index is 0.0873. The molecule has 6 nitrogen and oxygen atoms in total. The Morgan fingerprint density at radius 3 is 2.65 bits per heavy atom. The van der Waals surface area contributed by atoms with Gasteiger partial charge in [-0.05, 0) is 38.0 Å². The Morgan fingerprint density at radius 1 is 1.35 bits per heavy atom. The van der Waals surface area contributed by atoms with Gasteiger partial charge in [0.25, 0.3) is 5.91 Å². The van der Waals surface area contributed by atoms with E-state index in [4.69, 9.17) is 4.74 Å². The molecule has 3 rings (SSSR count). The van der Waals surface area contributed by atoms with E-state index in [1.54, 1.807) is 24.0 Å². The number of phenolic OH excluding ortho intramolecular Hbond substituents is 1. The third-order valence-corrected chi connectivity index (χ3v) is 5.65. The van der Waals surface area contributed by atoms with Crippen LogP contribution in [0.15, 0.2) is 18.2 Å². The quantitative estimate of drug-likeness (QED) is 0.894. The Bertz CT molecular complexity index is 695. The Hall–Kier alpha value is -2.24. The molecule has 0 bridgehead atoms. The van der Waals surface area contributed by atoms with Crippen LogP contribution in [-0.2, 0) is 4.74 Å². The van der Waals surface area contributed by atoms with Gasteiger partial charge in [0.1, 0.15) is 11.4 Å². The normalized spacial score (nSPS) is 20.3. The molecule has 0 unspecified atom stereocenters. The summed E-state index contributed by atoms with van der Waals surface area (Å²) in [6, 6.07) is 5.19. The summed E-state index contributed by atoms with van der Waals surface area (Å²) in [6.07, 6.45) is 3.07. The number of rotatable bonds is 4. The molecule has 2 heterocycles. The molecule has 1 aromatic carbocycles. The molecule has 1 aromatic rings. The van der Waals surface area contributed by atoms with Crippen molar-refractivity contribution in [3.63, 3.8) is 0 Å². The highest BCUT2D eigenvalue weighted by atomic mass is 16.6. The number of hydrogen-bond acceptors (Lipinski definition) is 4. The molecule has 2 aliphatic rings. The average Bonchev–Trinajstić information content (AvgIpc) is 2.94. The fourth-order valence-electron chi connectivity index (χ4n) is 3.86. The van der Waals surface area contributed by atoms with Crippen LogP contribution in [0.3, 0.4) is 0 Å². The topological polar surface area (TPSA) is 70.1 Å². The maximum atomic E-state index is 12.7. The van der Waals surface area contributed by atoms with Crippen molar-refractivity contribution >= 4 is 12.0 Å². The van der Waals surface area contributed by atoms with Gasteiger partial charge in [-0.3, -0.25) is 4.79 Å². The van der Waals surface area contributed by atoms with E-state index >= 15 is 0 Å². The molecule has 1 spiro atoms. The molecule has 0 aromatic heterocycles. The summed E-state index contributed by atoms with van der Waals surface area (Å²) in [5.74, 6) is 0.0466. The highest BCUT2D eigenvalue weighted by Gasteiger charge is 2.48. The average molecular weight is 360 g/mol. The minimum Gasteiger partial charge on any atom is -0.508 e. The number of carbonyl (C=O) groups excluding carboxylic acids is 2. The summed E-state index contributed by atoms with van der Waals surface area (Å²) in [6.45, 7) is 7.69. The van der Waals surface area contributed by atoms with Gasteiger partial charge in [-0.2, -0.15) is 0 Å². The van der Waals surface area contributed by atoms with Crippen molar-refractivity contribution in [2.45, 2.75) is 58.1 Å².